The van der Waals surface area contributed by atoms with Crippen molar-refractivity contribution in [2.24, 2.45) is 0 Å². The quantitative estimate of drug-likeness (QED) is 0.336. The predicted octanol–water partition coefficient (Wildman–Crippen LogP) is 3.73. The summed E-state index contributed by atoms with van der Waals surface area (Å²) in [6.45, 7) is 0. The van der Waals surface area contributed by atoms with Crippen LogP contribution in [0.3, 0.4) is 0 Å². The molecule has 12 heteroatoms. The number of rotatable bonds is 1. The van der Waals surface area contributed by atoms with E-state index in [0.29, 0.717) is 0 Å². The highest BCUT2D eigenvalue weighted by atomic mass is 19.4. The Labute approximate surface area is 113 Å². The Morgan fingerprint density at radius 1 is 0.818 bits per heavy atom. The van der Waals surface area contributed by atoms with Crippen LogP contribution in [0, 0.1) is 23.3 Å². The monoisotopic (exact) mass is 342 g/mol. The number of ether oxygens (including phenoxy) is 1. The number of carbonyl (C=O) groups is 1. The third-order valence-electron chi connectivity index (χ3n) is 2.79. The van der Waals surface area contributed by atoms with Crippen molar-refractivity contribution in [2.75, 3.05) is 0 Å². The number of alkyl halides is 6. The van der Waals surface area contributed by atoms with Crippen LogP contribution >= 0.6 is 0 Å². The summed E-state index contributed by atoms with van der Waals surface area (Å²) in [6, 6.07) is 0. The summed E-state index contributed by atoms with van der Waals surface area (Å²) in [7, 11) is 0. The van der Waals surface area contributed by atoms with Crippen LogP contribution in [0.15, 0.2) is 0 Å². The van der Waals surface area contributed by atoms with E-state index < -0.39 is 58.3 Å². The normalized spacial score (nSPS) is 21.8. The van der Waals surface area contributed by atoms with Gasteiger partial charge in [-0.1, -0.05) is 0 Å². The van der Waals surface area contributed by atoms with Crippen molar-refractivity contribution < 1.29 is 53.4 Å². The maximum absolute atomic E-state index is 14.0. The first kappa shape index (κ1) is 16.4. The zero-order chi connectivity index (χ0) is 17.2. The third-order valence-corrected chi connectivity index (χ3v) is 2.79. The van der Waals surface area contributed by atoms with Crippen LogP contribution in [-0.4, -0.2) is 18.1 Å². The van der Waals surface area contributed by atoms with Crippen LogP contribution in [0.5, 0.6) is 0 Å². The second kappa shape index (κ2) is 4.26. The fraction of sp³-hybridized carbons (Fsp3) is 0.300. The van der Waals surface area contributed by atoms with Gasteiger partial charge in [-0.2, -0.15) is 26.3 Å². The molecule has 2 nitrogen and oxygen atoms in total. The Hall–Kier alpha value is -2.01. The molecule has 2 rings (SSSR count). The molecule has 0 bridgehead atoms. The smallest absolute Gasteiger partial charge is 0.414 e. The van der Waals surface area contributed by atoms with Crippen molar-refractivity contribution in [3.8, 4) is 0 Å². The van der Waals surface area contributed by atoms with E-state index in [1.807, 2.05) is 0 Å². The van der Waals surface area contributed by atoms with E-state index >= 15 is 0 Å². The average molecular weight is 342 g/mol. The molecule has 1 aromatic carbocycles. The minimum Gasteiger partial charge on any atom is -0.414 e. The molecule has 0 aromatic heterocycles. The molecule has 1 unspecified atom stereocenters. The lowest BCUT2D eigenvalue weighted by atomic mass is 9.96. The highest BCUT2D eigenvalue weighted by Gasteiger charge is 2.78. The molecular weight excluding hydrogens is 342 g/mol. The molecule has 0 radical (unpaired) electrons. The van der Waals surface area contributed by atoms with Crippen molar-refractivity contribution in [1.29, 1.82) is 0 Å². The molecule has 1 aliphatic rings. The summed E-state index contributed by atoms with van der Waals surface area (Å²) in [5, 5.41) is 0. The third kappa shape index (κ3) is 1.72. The van der Waals surface area contributed by atoms with Crippen molar-refractivity contribution in [3.63, 3.8) is 0 Å². The Morgan fingerprint density at radius 3 is 1.73 bits per heavy atom. The van der Waals surface area contributed by atoms with Crippen LogP contribution < -0.4 is 0 Å². The molecule has 1 atom stereocenters. The van der Waals surface area contributed by atoms with Gasteiger partial charge in [0.1, 0.15) is 5.56 Å². The van der Waals surface area contributed by atoms with Gasteiger partial charge in [-0.05, 0) is 0 Å². The number of esters is 1. The summed E-state index contributed by atoms with van der Waals surface area (Å²) in [5.41, 5.74) is -4.92. The lowest BCUT2D eigenvalue weighted by Crippen LogP contribution is -2.53. The number of carbonyl (C=O) groups excluding carboxylic acids is 1. The van der Waals surface area contributed by atoms with Crippen LogP contribution in [0.25, 0.3) is 0 Å². The van der Waals surface area contributed by atoms with Gasteiger partial charge in [-0.3, -0.25) is 0 Å². The SMILES string of the molecule is O=C1OC(F)(C(F)(F)C(F)(F)F)c2c(F)c(F)c(F)c(F)c21. The minimum absolute atomic E-state index is 2.22. The molecule has 0 aliphatic carbocycles. The number of benzene rings is 1. The maximum atomic E-state index is 14.0. The lowest BCUT2D eigenvalue weighted by Gasteiger charge is -2.30. The van der Waals surface area contributed by atoms with Crippen LogP contribution in [0.2, 0.25) is 0 Å². The van der Waals surface area contributed by atoms with Gasteiger partial charge in [-0.15, -0.1) is 0 Å². The molecule has 0 N–H and O–H groups in total. The molecule has 1 heterocycles. The Kier molecular flexibility index (Phi) is 3.17. The van der Waals surface area contributed by atoms with Crippen LogP contribution in [-0.2, 0) is 10.6 Å². The highest BCUT2D eigenvalue weighted by Crippen LogP contribution is 2.56. The first-order valence-electron chi connectivity index (χ1n) is 5.00. The van der Waals surface area contributed by atoms with E-state index in [9.17, 15) is 48.7 Å². The van der Waals surface area contributed by atoms with Crippen LogP contribution in [0.1, 0.15) is 15.9 Å². The molecule has 1 aromatic rings. The van der Waals surface area contributed by atoms with E-state index in [-0.39, 0.29) is 0 Å². The molecule has 0 saturated heterocycles. The summed E-state index contributed by atoms with van der Waals surface area (Å²) >= 11 is 0. The molecule has 122 valence electrons. The van der Waals surface area contributed by atoms with Gasteiger partial charge in [0, 0.05) is 0 Å². The van der Waals surface area contributed by atoms with Gasteiger partial charge in [-0.25, -0.2) is 22.4 Å². The number of hydrogen-bond donors (Lipinski definition) is 0. The van der Waals surface area contributed by atoms with E-state index in [1.54, 1.807) is 0 Å². The molecule has 0 fully saturated rings. The highest BCUT2D eigenvalue weighted by molar-refractivity contribution is 5.95. The van der Waals surface area contributed by atoms with Gasteiger partial charge < -0.3 is 4.74 Å². The predicted molar refractivity (Wildman–Crippen MR) is 45.5 cm³/mol. The molecule has 1 aliphatic heterocycles. The standard InChI is InChI=1S/C10F10O2/c11-3-1-2(4(12)6(14)5(3)13)8(15,22-7(1)21)9(16,17)10(18,19)20. The van der Waals surface area contributed by atoms with Crippen molar-refractivity contribution >= 4 is 5.97 Å². The van der Waals surface area contributed by atoms with Crippen molar-refractivity contribution in [3.05, 3.63) is 34.4 Å². The number of hydrogen-bond acceptors (Lipinski definition) is 2. The second-order valence-corrected chi connectivity index (χ2v) is 4.06. The number of cyclic esters (lactones) is 1. The van der Waals surface area contributed by atoms with Crippen molar-refractivity contribution in [2.45, 2.75) is 18.0 Å². The average Bonchev–Trinajstić information content (AvgIpc) is 2.65. The zero-order valence-corrected chi connectivity index (χ0v) is 9.60. The Morgan fingerprint density at radius 2 is 1.27 bits per heavy atom. The Bertz CT molecular complexity index is 680. The van der Waals surface area contributed by atoms with Gasteiger partial charge >= 0.3 is 23.9 Å². The summed E-state index contributed by atoms with van der Waals surface area (Å²) in [4.78, 5) is 11.0. The van der Waals surface area contributed by atoms with Gasteiger partial charge in [0.05, 0.1) is 5.56 Å². The maximum Gasteiger partial charge on any atom is 0.461 e. The first-order valence-corrected chi connectivity index (χ1v) is 5.00. The van der Waals surface area contributed by atoms with Gasteiger partial charge in [0.2, 0.25) is 0 Å². The van der Waals surface area contributed by atoms with Gasteiger partial charge in [0.15, 0.2) is 23.3 Å². The zero-order valence-electron chi connectivity index (χ0n) is 9.60. The lowest BCUT2D eigenvalue weighted by molar-refractivity contribution is -0.374. The fourth-order valence-electron chi connectivity index (χ4n) is 1.76. The number of halogens is 10. The van der Waals surface area contributed by atoms with Gasteiger partial charge in [0.25, 0.3) is 0 Å². The largest absolute Gasteiger partial charge is 0.461 e. The van der Waals surface area contributed by atoms with E-state index in [4.69, 9.17) is 0 Å². The number of fused-ring (bicyclic) bond motifs is 1. The molecule has 0 spiro atoms. The Balaban J connectivity index is 2.89. The van der Waals surface area contributed by atoms with Crippen molar-refractivity contribution in [1.82, 2.24) is 0 Å². The topological polar surface area (TPSA) is 26.3 Å². The fourth-order valence-corrected chi connectivity index (χ4v) is 1.76. The molecule has 0 amide bonds. The summed E-state index contributed by atoms with van der Waals surface area (Å²) in [6.07, 6.45) is -6.71. The minimum atomic E-state index is -6.71. The van der Waals surface area contributed by atoms with E-state index in [0.717, 1.165) is 0 Å². The van der Waals surface area contributed by atoms with E-state index in [2.05, 4.69) is 4.74 Å². The molecular formula is C10F10O2. The van der Waals surface area contributed by atoms with Crippen LogP contribution in [0.4, 0.5) is 43.9 Å². The second-order valence-electron chi connectivity index (χ2n) is 4.06. The molecule has 22 heavy (non-hydrogen) atoms. The first-order chi connectivity index (χ1) is 9.77. The summed E-state index contributed by atoms with van der Waals surface area (Å²) in [5.74, 6) is -25.9. The molecule has 0 saturated carbocycles. The summed E-state index contributed by atoms with van der Waals surface area (Å²) < 4.78 is 132. The van der Waals surface area contributed by atoms with E-state index in [1.165, 1.54) is 0 Å².